The summed E-state index contributed by atoms with van der Waals surface area (Å²) in [6.07, 6.45) is 6.66. The maximum atomic E-state index is 13.4. The van der Waals surface area contributed by atoms with Crippen LogP contribution in [0.25, 0.3) is 11.0 Å². The second kappa shape index (κ2) is 10.4. The van der Waals surface area contributed by atoms with Gasteiger partial charge < -0.3 is 15.1 Å². The molecule has 11 heteroatoms. The second-order valence-corrected chi connectivity index (χ2v) is 13.2. The van der Waals surface area contributed by atoms with Crippen LogP contribution in [0.1, 0.15) is 76.6 Å². The molecular weight excluding hydrogens is 586 g/mol. The van der Waals surface area contributed by atoms with Crippen LogP contribution in [-0.4, -0.2) is 52.0 Å². The summed E-state index contributed by atoms with van der Waals surface area (Å²) < 4.78 is 6.12. The number of piperidine rings is 1. The maximum Gasteiger partial charge on any atom is 0.264 e. The van der Waals surface area contributed by atoms with Crippen LogP contribution in [0.15, 0.2) is 77.5 Å². The van der Waals surface area contributed by atoms with Crippen molar-refractivity contribution in [2.45, 2.75) is 50.6 Å². The molecule has 1 saturated heterocycles. The van der Waals surface area contributed by atoms with E-state index < -0.39 is 35.7 Å². The first-order valence-electron chi connectivity index (χ1n) is 15.5. The van der Waals surface area contributed by atoms with Crippen LogP contribution in [0.4, 0.5) is 5.69 Å². The van der Waals surface area contributed by atoms with E-state index in [2.05, 4.69) is 20.9 Å². The highest BCUT2D eigenvalue weighted by molar-refractivity contribution is 6.25. The number of nitrogens with one attached hydrogen (secondary N) is 3. The molecule has 5 aliphatic rings. The van der Waals surface area contributed by atoms with Gasteiger partial charge in [0.15, 0.2) is 0 Å². The Kier molecular flexibility index (Phi) is 6.35. The predicted octanol–water partition coefficient (Wildman–Crippen LogP) is 4.11. The van der Waals surface area contributed by atoms with Crippen molar-refractivity contribution in [3.8, 4) is 0 Å². The third kappa shape index (κ3) is 4.57. The Morgan fingerprint density at radius 1 is 1.00 bits per heavy atom. The minimum atomic E-state index is -1.01. The highest BCUT2D eigenvalue weighted by Crippen LogP contribution is 2.74. The van der Waals surface area contributed by atoms with Crippen LogP contribution < -0.4 is 16.0 Å². The minimum Gasteiger partial charge on any atom is -0.459 e. The van der Waals surface area contributed by atoms with Crippen molar-refractivity contribution >= 4 is 46.2 Å². The molecule has 2 atom stereocenters. The van der Waals surface area contributed by atoms with Gasteiger partial charge in [0.05, 0.1) is 11.1 Å². The molecule has 3 aliphatic carbocycles. The number of fused-ring (bicyclic) bond motifs is 2. The van der Waals surface area contributed by atoms with Crippen LogP contribution in [-0.2, 0) is 14.4 Å². The van der Waals surface area contributed by atoms with Gasteiger partial charge in [-0.05, 0) is 66.8 Å². The summed E-state index contributed by atoms with van der Waals surface area (Å²) in [6.45, 7) is 0.601. The fraction of sp³-hybridized carbons (Fsp3) is 0.314. The normalized spacial score (nSPS) is 25.4. The van der Waals surface area contributed by atoms with Gasteiger partial charge in [0.1, 0.15) is 23.4 Å². The lowest BCUT2D eigenvalue weighted by Crippen LogP contribution is -2.65. The molecule has 4 heterocycles. The van der Waals surface area contributed by atoms with E-state index in [0.29, 0.717) is 24.4 Å². The molecule has 2 aliphatic heterocycles. The molecule has 2 unspecified atom stereocenters. The van der Waals surface area contributed by atoms with Gasteiger partial charge in [-0.15, -0.1) is 0 Å². The third-order valence-electron chi connectivity index (χ3n) is 9.96. The van der Waals surface area contributed by atoms with Crippen molar-refractivity contribution in [2.24, 2.45) is 10.8 Å². The van der Waals surface area contributed by atoms with Crippen LogP contribution in [0.2, 0.25) is 0 Å². The fourth-order valence-corrected chi connectivity index (χ4v) is 8.11. The Balaban J connectivity index is 0.911. The SMILES string of the molecule is O=C1CCC(N2C(=O)c3cccc(NCC45CC(CC(=O)NC(c6cccnc6)c6cc7ccccc7o6)(C4)C5)c3C2=O)C(=O)N1. The van der Waals surface area contributed by atoms with E-state index in [-0.39, 0.29) is 40.7 Å². The molecule has 232 valence electrons. The average Bonchev–Trinajstić information content (AvgIpc) is 3.56. The van der Waals surface area contributed by atoms with Crippen molar-refractivity contribution in [1.29, 1.82) is 0 Å². The van der Waals surface area contributed by atoms with Crippen molar-refractivity contribution in [2.75, 3.05) is 11.9 Å². The zero-order valence-electron chi connectivity index (χ0n) is 24.9. The Labute approximate surface area is 263 Å². The van der Waals surface area contributed by atoms with Crippen LogP contribution in [0.5, 0.6) is 0 Å². The molecule has 9 rings (SSSR count). The van der Waals surface area contributed by atoms with Crippen LogP contribution in [0, 0.1) is 10.8 Å². The van der Waals surface area contributed by atoms with Gasteiger partial charge in [0, 0.05) is 48.4 Å². The lowest BCUT2D eigenvalue weighted by molar-refractivity contribution is -0.199. The van der Waals surface area contributed by atoms with E-state index >= 15 is 0 Å². The Hall–Kier alpha value is -5.32. The lowest BCUT2D eigenvalue weighted by atomic mass is 9.34. The number of nitrogens with zero attached hydrogens (tertiary/aromatic N) is 2. The Morgan fingerprint density at radius 3 is 2.59 bits per heavy atom. The number of anilines is 1. The number of hydrogen-bond donors (Lipinski definition) is 3. The number of carbonyl (C=O) groups excluding carboxylic acids is 5. The molecule has 2 aromatic heterocycles. The zero-order valence-corrected chi connectivity index (χ0v) is 24.9. The maximum absolute atomic E-state index is 13.4. The summed E-state index contributed by atoms with van der Waals surface area (Å²) in [4.78, 5) is 69.3. The smallest absolute Gasteiger partial charge is 0.264 e. The first kappa shape index (κ1) is 28.2. The highest BCUT2D eigenvalue weighted by atomic mass is 16.3. The summed E-state index contributed by atoms with van der Waals surface area (Å²) in [7, 11) is 0. The van der Waals surface area contributed by atoms with Crippen molar-refractivity contribution < 1.29 is 28.4 Å². The molecule has 2 bridgehead atoms. The Bertz CT molecular complexity index is 1900. The monoisotopic (exact) mass is 617 g/mol. The lowest BCUT2D eigenvalue weighted by Gasteiger charge is -2.71. The van der Waals surface area contributed by atoms with Gasteiger partial charge in [-0.3, -0.25) is 39.2 Å². The number of imide groups is 2. The van der Waals surface area contributed by atoms with Gasteiger partial charge >= 0.3 is 0 Å². The average molecular weight is 618 g/mol. The number of benzene rings is 2. The van der Waals surface area contributed by atoms with E-state index in [1.54, 1.807) is 30.6 Å². The first-order valence-corrected chi connectivity index (χ1v) is 15.5. The topological polar surface area (TPSA) is 151 Å². The predicted molar refractivity (Wildman–Crippen MR) is 165 cm³/mol. The van der Waals surface area contributed by atoms with Crippen LogP contribution >= 0.6 is 0 Å². The highest BCUT2D eigenvalue weighted by Gasteiger charge is 2.67. The number of para-hydroxylation sites is 1. The van der Waals surface area contributed by atoms with E-state index in [1.165, 1.54) is 0 Å². The van der Waals surface area contributed by atoms with E-state index in [4.69, 9.17) is 4.42 Å². The van der Waals surface area contributed by atoms with E-state index in [1.807, 2.05) is 42.5 Å². The van der Waals surface area contributed by atoms with Gasteiger partial charge in [0.25, 0.3) is 11.8 Å². The molecule has 3 N–H and O–H groups in total. The number of amides is 5. The molecule has 5 amide bonds. The summed E-state index contributed by atoms with van der Waals surface area (Å²) in [5.41, 5.74) is 2.60. The van der Waals surface area contributed by atoms with Gasteiger partial charge in [-0.1, -0.05) is 30.3 Å². The molecule has 2 aromatic carbocycles. The molecule has 0 spiro atoms. The third-order valence-corrected chi connectivity index (χ3v) is 9.96. The molecule has 46 heavy (non-hydrogen) atoms. The van der Waals surface area contributed by atoms with Crippen molar-refractivity contribution in [1.82, 2.24) is 20.5 Å². The quantitative estimate of drug-likeness (QED) is 0.238. The van der Waals surface area contributed by atoms with Gasteiger partial charge in [-0.2, -0.15) is 0 Å². The summed E-state index contributed by atoms with van der Waals surface area (Å²) in [6, 6.07) is 17.1. The summed E-state index contributed by atoms with van der Waals surface area (Å²) in [5, 5.41) is 9.79. The molecule has 3 saturated carbocycles. The summed E-state index contributed by atoms with van der Waals surface area (Å²) in [5.74, 6) is -1.49. The number of rotatable bonds is 9. The second-order valence-electron chi connectivity index (χ2n) is 13.2. The molecule has 4 fully saturated rings. The molecule has 0 radical (unpaired) electrons. The van der Waals surface area contributed by atoms with Crippen molar-refractivity contribution in [3.63, 3.8) is 0 Å². The molecule has 11 nitrogen and oxygen atoms in total. The number of pyridine rings is 1. The number of furan rings is 1. The minimum absolute atomic E-state index is 0.0134. The number of aromatic nitrogens is 1. The number of hydrogen-bond acceptors (Lipinski definition) is 8. The number of carbonyl (C=O) groups is 5. The first-order chi connectivity index (χ1) is 22.2. The van der Waals surface area contributed by atoms with E-state index in [0.717, 1.165) is 40.7 Å². The largest absolute Gasteiger partial charge is 0.459 e. The van der Waals surface area contributed by atoms with Crippen molar-refractivity contribution in [3.05, 3.63) is 95.5 Å². The standard InChI is InChI=1S/C35H31N5O6/c41-27-11-10-24(31(43)39-27)40-32(44)22-7-3-8-23(29(22)33(40)45)37-19-35-16-34(17-35,18-35)14-28(42)38-30(21-6-4-12-36-15-21)26-13-20-5-1-2-9-25(20)46-26/h1-9,12-13,15,24,30,37H,10-11,14,16-19H2,(H,38,42)(H,39,41,43). The zero-order chi connectivity index (χ0) is 31.6. The van der Waals surface area contributed by atoms with Gasteiger partial charge in [0.2, 0.25) is 17.7 Å². The fourth-order valence-electron chi connectivity index (χ4n) is 8.11. The van der Waals surface area contributed by atoms with E-state index in [9.17, 15) is 24.0 Å². The van der Waals surface area contributed by atoms with Crippen LogP contribution in [0.3, 0.4) is 0 Å². The van der Waals surface area contributed by atoms with Gasteiger partial charge in [-0.25, -0.2) is 0 Å². The summed E-state index contributed by atoms with van der Waals surface area (Å²) >= 11 is 0. The Morgan fingerprint density at radius 2 is 1.83 bits per heavy atom. The molecule has 4 aromatic rings. The molecular formula is C35H31N5O6.